The van der Waals surface area contributed by atoms with Crippen LogP contribution >= 0.6 is 0 Å². The van der Waals surface area contributed by atoms with Crippen molar-refractivity contribution in [2.75, 3.05) is 121 Å². The summed E-state index contributed by atoms with van der Waals surface area (Å²) >= 11 is 0. The minimum absolute atomic E-state index is 0.0278. The third-order valence-corrected chi connectivity index (χ3v) is 2.76. The lowest BCUT2D eigenvalue weighted by Gasteiger charge is -2.12. The highest BCUT2D eigenvalue weighted by Gasteiger charge is 1.92. The van der Waals surface area contributed by atoms with E-state index in [1.54, 1.807) is 0 Å². The lowest BCUT2D eigenvalue weighted by molar-refractivity contribution is 0.0650. The molecule has 0 aromatic carbocycles. The van der Waals surface area contributed by atoms with Crippen LogP contribution in [0, 0.1) is 0 Å². The highest BCUT2D eigenvalue weighted by atomic mass is 16.5. The molecule has 0 aliphatic carbocycles. The normalized spacial score (nSPS) is 10.7. The highest BCUT2D eigenvalue weighted by molar-refractivity contribution is 4.43. The molecule has 0 atom stereocenters. The van der Waals surface area contributed by atoms with Crippen molar-refractivity contribution in [3.8, 4) is 0 Å². The topological polar surface area (TPSA) is 98.1 Å². The molecule has 0 heterocycles. The maximum Gasteiger partial charge on any atom is 0.0698 e. The van der Waals surface area contributed by atoms with Gasteiger partial charge in [0.25, 0.3) is 0 Å². The van der Waals surface area contributed by atoms with Gasteiger partial charge < -0.3 is 44.2 Å². The Kier molecular flexibility index (Phi) is 32.3. The Bertz CT molecular complexity index is 233. The molecule has 0 aliphatic heterocycles. The molecule has 9 heteroatoms. The first kappa shape index (κ1) is 31.3. The fraction of sp³-hybridized carbons (Fsp3) is 1.00. The van der Waals surface area contributed by atoms with E-state index in [9.17, 15) is 0 Å². The molecule has 0 fully saturated rings. The molecule has 0 saturated carbocycles. The lowest BCUT2D eigenvalue weighted by Crippen LogP contribution is -2.22. The van der Waals surface area contributed by atoms with Crippen LogP contribution in [0.5, 0.6) is 0 Å². The van der Waals surface area contributed by atoms with Gasteiger partial charge in [-0.25, -0.2) is 0 Å². The zero-order chi connectivity index (χ0) is 21.3. The van der Waals surface area contributed by atoms with Gasteiger partial charge in [-0.3, -0.25) is 0 Å². The summed E-state index contributed by atoms with van der Waals surface area (Å²) in [6.45, 7) is 6.57. The summed E-state index contributed by atoms with van der Waals surface area (Å²) in [5, 5.41) is 24.5. The molecule has 0 bridgehead atoms. The zero-order valence-electron chi connectivity index (χ0n) is 18.4. The van der Waals surface area contributed by atoms with Crippen molar-refractivity contribution in [3.63, 3.8) is 0 Å². The molecular weight excluding hydrogens is 354 g/mol. The van der Waals surface area contributed by atoms with Gasteiger partial charge in [-0.2, -0.15) is 0 Å². The Morgan fingerprint density at radius 1 is 0.444 bits per heavy atom. The first-order chi connectivity index (χ1) is 12.8. The summed E-state index contributed by atoms with van der Waals surface area (Å²) < 4.78 is 15.0. The van der Waals surface area contributed by atoms with Crippen molar-refractivity contribution in [2.24, 2.45) is 0 Å². The second-order valence-corrected chi connectivity index (χ2v) is 6.42. The van der Waals surface area contributed by atoms with E-state index in [0.29, 0.717) is 26.4 Å². The van der Waals surface area contributed by atoms with Gasteiger partial charge in [-0.15, -0.1) is 0 Å². The van der Waals surface area contributed by atoms with E-state index >= 15 is 0 Å². The van der Waals surface area contributed by atoms with E-state index in [1.807, 2.05) is 19.0 Å². The van der Waals surface area contributed by atoms with E-state index < -0.39 is 0 Å². The number of nitrogens with zero attached hydrogens (tertiary/aromatic N) is 3. The van der Waals surface area contributed by atoms with Crippen LogP contribution in [0.1, 0.15) is 0 Å². The minimum Gasteiger partial charge on any atom is -0.394 e. The van der Waals surface area contributed by atoms with E-state index in [1.165, 1.54) is 0 Å². The SMILES string of the molecule is CN(C)CCOCCN(C)C.CN(C)CCOCCO.OCCOCCO. The number of likely N-dealkylation sites (N-methyl/N-ethyl adjacent to an activating group) is 3. The van der Waals surface area contributed by atoms with Gasteiger partial charge in [0.05, 0.1) is 59.5 Å². The van der Waals surface area contributed by atoms with Crippen molar-refractivity contribution in [3.05, 3.63) is 0 Å². The molecule has 9 nitrogen and oxygen atoms in total. The molecule has 3 N–H and O–H groups in total. The molecule has 168 valence electrons. The van der Waals surface area contributed by atoms with E-state index in [0.717, 1.165) is 32.8 Å². The average molecular weight is 400 g/mol. The molecule has 0 aromatic rings. The van der Waals surface area contributed by atoms with Gasteiger partial charge in [0.15, 0.2) is 0 Å². The molecule has 27 heavy (non-hydrogen) atoms. The van der Waals surface area contributed by atoms with Gasteiger partial charge in [0.1, 0.15) is 0 Å². The van der Waals surface area contributed by atoms with Crippen LogP contribution in [0.2, 0.25) is 0 Å². The van der Waals surface area contributed by atoms with Crippen molar-refractivity contribution < 1.29 is 29.5 Å². The number of hydrogen-bond donors (Lipinski definition) is 3. The van der Waals surface area contributed by atoms with Gasteiger partial charge in [0, 0.05) is 19.6 Å². The summed E-state index contributed by atoms with van der Waals surface area (Å²) in [4.78, 5) is 6.28. The van der Waals surface area contributed by atoms with Crippen LogP contribution in [-0.4, -0.2) is 151 Å². The third-order valence-electron chi connectivity index (χ3n) is 2.76. The first-order valence-electron chi connectivity index (χ1n) is 9.31. The fourth-order valence-corrected chi connectivity index (χ4v) is 1.24. The second kappa shape index (κ2) is 27.9. The van der Waals surface area contributed by atoms with Crippen molar-refractivity contribution in [2.45, 2.75) is 0 Å². The predicted octanol–water partition coefficient (Wildman–Crippen LogP) is -1.33. The van der Waals surface area contributed by atoms with Gasteiger partial charge in [-0.05, 0) is 42.3 Å². The molecular formula is C18H45N3O6. The molecule has 0 amide bonds. The minimum atomic E-state index is 0.0278. The number of ether oxygens (including phenoxy) is 3. The summed E-state index contributed by atoms with van der Waals surface area (Å²) in [7, 11) is 12.2. The van der Waals surface area contributed by atoms with E-state index in [2.05, 4.69) is 42.7 Å². The molecule has 0 aromatic heterocycles. The second-order valence-electron chi connectivity index (χ2n) is 6.42. The monoisotopic (exact) mass is 399 g/mol. The Labute approximate surface area is 166 Å². The fourth-order valence-electron chi connectivity index (χ4n) is 1.24. The van der Waals surface area contributed by atoms with Crippen LogP contribution in [0.3, 0.4) is 0 Å². The number of hydrogen-bond acceptors (Lipinski definition) is 9. The van der Waals surface area contributed by atoms with E-state index in [-0.39, 0.29) is 19.8 Å². The quantitative estimate of drug-likeness (QED) is 0.289. The van der Waals surface area contributed by atoms with Gasteiger partial charge in [0.2, 0.25) is 0 Å². The average Bonchev–Trinajstić information content (AvgIpc) is 2.59. The zero-order valence-corrected chi connectivity index (χ0v) is 18.4. The number of rotatable bonds is 15. The highest BCUT2D eigenvalue weighted by Crippen LogP contribution is 1.80. The van der Waals surface area contributed by atoms with E-state index in [4.69, 9.17) is 24.8 Å². The van der Waals surface area contributed by atoms with Crippen LogP contribution < -0.4 is 0 Å². The van der Waals surface area contributed by atoms with Crippen molar-refractivity contribution in [1.29, 1.82) is 0 Å². The molecule has 0 saturated heterocycles. The Hall–Kier alpha value is -0.360. The standard InChI is InChI=1S/C8H20N2O.C6H15NO2.C4H10O3/c1-9(2)5-7-11-8-6-10(3)4;1-7(2)3-5-9-6-4-8;5-1-3-7-4-2-6/h5-8H2,1-4H3;8H,3-6H2,1-2H3;5-6H,1-4H2. The molecule has 0 unspecified atom stereocenters. The molecule has 0 spiro atoms. The van der Waals surface area contributed by atoms with Gasteiger partial charge >= 0.3 is 0 Å². The molecule has 0 rings (SSSR count). The van der Waals surface area contributed by atoms with Crippen LogP contribution in [0.4, 0.5) is 0 Å². The maximum atomic E-state index is 8.29. The van der Waals surface area contributed by atoms with Crippen molar-refractivity contribution in [1.82, 2.24) is 14.7 Å². The molecule has 0 aliphatic rings. The summed E-state index contributed by atoms with van der Waals surface area (Å²) in [6.07, 6.45) is 0. The largest absolute Gasteiger partial charge is 0.394 e. The van der Waals surface area contributed by atoms with Gasteiger partial charge in [-0.1, -0.05) is 0 Å². The maximum absolute atomic E-state index is 8.29. The predicted molar refractivity (Wildman–Crippen MR) is 109 cm³/mol. The first-order valence-corrected chi connectivity index (χ1v) is 9.31. The summed E-state index contributed by atoms with van der Waals surface area (Å²) in [5.74, 6) is 0. The molecule has 0 radical (unpaired) electrons. The lowest BCUT2D eigenvalue weighted by atomic mass is 10.6. The van der Waals surface area contributed by atoms with Crippen LogP contribution in [-0.2, 0) is 14.2 Å². The summed E-state index contributed by atoms with van der Waals surface area (Å²) in [6, 6.07) is 0. The third kappa shape index (κ3) is 46.0. The Balaban J connectivity index is -0.000000329. The summed E-state index contributed by atoms with van der Waals surface area (Å²) in [5.41, 5.74) is 0. The number of aliphatic hydroxyl groups excluding tert-OH is 3. The smallest absolute Gasteiger partial charge is 0.0698 e. The Morgan fingerprint density at radius 2 is 0.667 bits per heavy atom. The van der Waals surface area contributed by atoms with Crippen molar-refractivity contribution >= 4 is 0 Å². The van der Waals surface area contributed by atoms with Crippen LogP contribution in [0.15, 0.2) is 0 Å². The Morgan fingerprint density at radius 3 is 0.889 bits per heavy atom. The van der Waals surface area contributed by atoms with Crippen LogP contribution in [0.25, 0.3) is 0 Å². The number of aliphatic hydroxyl groups is 3.